The smallest absolute Gasteiger partial charge is 0 e. The summed E-state index contributed by atoms with van der Waals surface area (Å²) >= 11 is 0. The van der Waals surface area contributed by atoms with Crippen molar-refractivity contribution in [2.75, 3.05) is 0 Å². The summed E-state index contributed by atoms with van der Waals surface area (Å²) in [6.45, 7) is 0. The van der Waals surface area contributed by atoms with Gasteiger partial charge in [0.25, 0.3) is 0 Å². The van der Waals surface area contributed by atoms with Crippen molar-refractivity contribution in [3.63, 3.8) is 0 Å². The molecule has 0 rings (SSSR count). The van der Waals surface area contributed by atoms with Crippen LogP contribution in [0.1, 0.15) is 0 Å². The van der Waals surface area contributed by atoms with Gasteiger partial charge in [-0.25, -0.2) is 0 Å². The van der Waals surface area contributed by atoms with E-state index in [1.165, 1.54) is 0 Å². The molecule has 0 atom stereocenters. The summed E-state index contributed by atoms with van der Waals surface area (Å²) in [5.41, 5.74) is 0. The van der Waals surface area contributed by atoms with Gasteiger partial charge in [0.05, 0.1) is 0 Å². The summed E-state index contributed by atoms with van der Waals surface area (Å²) in [7, 11) is 0. The number of rotatable bonds is 0. The first kappa shape index (κ1) is 39.6. The molecule has 0 aliphatic carbocycles. The second-order valence-corrected chi connectivity index (χ2v) is 0. The number of hydrogen-bond acceptors (Lipinski definition) is 0. The Morgan fingerprint density at radius 1 is 1.00 bits per heavy atom. The van der Waals surface area contributed by atoms with Crippen molar-refractivity contribution < 1.29 is 65.4 Å². The molecule has 0 aliphatic rings. The molecule has 0 unspecified atom stereocenters. The van der Waals surface area contributed by atoms with E-state index in [-0.39, 0.29) is 65.4 Å². The van der Waals surface area contributed by atoms with Gasteiger partial charge >= 0.3 is 0 Å². The molecule has 0 saturated heterocycles. The van der Waals surface area contributed by atoms with Crippen LogP contribution in [0.5, 0.6) is 0 Å². The fourth-order valence-electron chi connectivity index (χ4n) is 0. The van der Waals surface area contributed by atoms with Gasteiger partial charge in [-0.15, -0.1) is 0 Å². The van der Waals surface area contributed by atoms with Gasteiger partial charge in [-0.2, -0.15) is 0 Å². The van der Waals surface area contributed by atoms with E-state index >= 15 is 0 Å². The Morgan fingerprint density at radius 3 is 1.00 bits per heavy atom. The Labute approximate surface area is 64.9 Å². The molecule has 1 radical (unpaired) electrons. The molecule has 29 valence electrons. The van der Waals surface area contributed by atoms with Gasteiger partial charge in [-0.3, -0.25) is 0 Å². The zero-order chi connectivity index (χ0) is 0. The predicted octanol–water partition coefficient (Wildman–Crippen LogP) is -0.832. The Balaban J connectivity index is 0. The quantitative estimate of drug-likeness (QED) is 0.440. The first-order valence-electron chi connectivity index (χ1n) is 0. The van der Waals surface area contributed by atoms with Crippen LogP contribution in [0.15, 0.2) is 0 Å². The van der Waals surface area contributed by atoms with Crippen LogP contribution < -0.4 is 0 Å². The molecule has 0 aromatic rings. The summed E-state index contributed by atoms with van der Waals surface area (Å²) in [5.74, 6) is 0. The van der Waals surface area contributed by atoms with Crippen molar-refractivity contribution in [3.05, 3.63) is 0 Å². The fraction of sp³-hybridized carbons (Fsp3) is 0. The molecule has 1 nitrogen and oxygen atoms in total. The largest absolute Gasteiger partial charge is 0.412 e. The SMILES string of the molecule is O.[Ni].[Ta].[W]. The summed E-state index contributed by atoms with van der Waals surface area (Å²) < 4.78 is 0. The maximum absolute atomic E-state index is 0. The molecular formula is H2NiOTaW. The summed E-state index contributed by atoms with van der Waals surface area (Å²) in [6.07, 6.45) is 0. The normalized spacial score (nSPS) is 0. The topological polar surface area (TPSA) is 31.5 Å². The van der Waals surface area contributed by atoms with E-state index in [2.05, 4.69) is 0 Å². The van der Waals surface area contributed by atoms with Crippen molar-refractivity contribution in [3.8, 4) is 0 Å². The van der Waals surface area contributed by atoms with E-state index in [0.717, 1.165) is 0 Å². The van der Waals surface area contributed by atoms with Crippen molar-refractivity contribution in [2.45, 2.75) is 0 Å². The maximum atomic E-state index is 0. The third-order valence-corrected chi connectivity index (χ3v) is 0. The Morgan fingerprint density at radius 2 is 1.00 bits per heavy atom. The molecule has 0 saturated carbocycles. The van der Waals surface area contributed by atoms with Gasteiger partial charge in [-0.1, -0.05) is 0 Å². The molecule has 2 N–H and O–H groups in total. The van der Waals surface area contributed by atoms with Gasteiger partial charge in [0.2, 0.25) is 0 Å². The van der Waals surface area contributed by atoms with Crippen LogP contribution in [0.25, 0.3) is 0 Å². The van der Waals surface area contributed by atoms with E-state index in [1.54, 1.807) is 0 Å². The molecule has 0 fully saturated rings. The standard InChI is InChI=1S/Ni.H2O.Ta.W/h;1H2;;. The maximum Gasteiger partial charge on any atom is 0 e. The number of hydrogen-bond donors (Lipinski definition) is 0. The van der Waals surface area contributed by atoms with Gasteiger partial charge in [0.15, 0.2) is 0 Å². The van der Waals surface area contributed by atoms with E-state index in [0.29, 0.717) is 0 Å². The summed E-state index contributed by atoms with van der Waals surface area (Å²) in [6, 6.07) is 0. The Hall–Kier alpha value is 1.88. The average molecular weight is 441 g/mol. The first-order valence-corrected chi connectivity index (χ1v) is 0. The monoisotopic (exact) mass is 441 g/mol. The molecule has 0 aromatic heterocycles. The first-order chi connectivity index (χ1) is 0. The zero-order valence-corrected chi connectivity index (χ0v) is 8.81. The molecule has 0 aromatic carbocycles. The van der Waals surface area contributed by atoms with E-state index in [4.69, 9.17) is 0 Å². The second-order valence-electron chi connectivity index (χ2n) is 0. The van der Waals surface area contributed by atoms with Crippen LogP contribution in [0.4, 0.5) is 0 Å². The van der Waals surface area contributed by atoms with Crippen LogP contribution in [0.3, 0.4) is 0 Å². The van der Waals surface area contributed by atoms with Crippen molar-refractivity contribution in [1.82, 2.24) is 0 Å². The summed E-state index contributed by atoms with van der Waals surface area (Å²) in [4.78, 5) is 0. The molecule has 4 heteroatoms. The van der Waals surface area contributed by atoms with Crippen molar-refractivity contribution in [1.29, 1.82) is 0 Å². The Bertz CT molecular complexity index is 8.00. The van der Waals surface area contributed by atoms with Gasteiger partial charge < -0.3 is 5.48 Å². The fourth-order valence-corrected chi connectivity index (χ4v) is 0. The third kappa shape index (κ3) is 9.10. The van der Waals surface area contributed by atoms with E-state index in [1.807, 2.05) is 0 Å². The van der Waals surface area contributed by atoms with Gasteiger partial charge in [0.1, 0.15) is 0 Å². The molecule has 4 heavy (non-hydrogen) atoms. The molecule has 0 aliphatic heterocycles. The summed E-state index contributed by atoms with van der Waals surface area (Å²) in [5, 5.41) is 0. The molecule has 0 amide bonds. The minimum absolute atomic E-state index is 0. The second kappa shape index (κ2) is 20.8. The zero-order valence-electron chi connectivity index (χ0n) is 1.67. The molecular weight excluding hydrogens is 439 g/mol. The van der Waals surface area contributed by atoms with Crippen LogP contribution in [0, 0.1) is 0 Å². The molecule has 0 bridgehead atoms. The van der Waals surface area contributed by atoms with Gasteiger partial charge in [0, 0.05) is 59.9 Å². The van der Waals surface area contributed by atoms with Crippen molar-refractivity contribution in [2.24, 2.45) is 0 Å². The van der Waals surface area contributed by atoms with Crippen LogP contribution >= 0.6 is 0 Å². The van der Waals surface area contributed by atoms with Gasteiger partial charge in [-0.05, 0) is 0 Å². The van der Waals surface area contributed by atoms with Crippen LogP contribution in [-0.2, 0) is 59.9 Å². The van der Waals surface area contributed by atoms with E-state index in [9.17, 15) is 0 Å². The van der Waals surface area contributed by atoms with Crippen molar-refractivity contribution >= 4 is 0 Å². The van der Waals surface area contributed by atoms with E-state index < -0.39 is 0 Å². The molecule has 0 spiro atoms. The minimum Gasteiger partial charge on any atom is -0.412 e. The van der Waals surface area contributed by atoms with Crippen LogP contribution in [-0.4, -0.2) is 5.48 Å². The Kier molecular flexibility index (Phi) is 206. The van der Waals surface area contributed by atoms with Crippen LogP contribution in [0.2, 0.25) is 0 Å². The minimum atomic E-state index is 0. The average Bonchev–Trinajstić information content (AvgIpc) is 0. The predicted molar refractivity (Wildman–Crippen MR) is 3.61 cm³/mol. The molecule has 0 heterocycles. The third-order valence-electron chi connectivity index (χ3n) is 0.